The lowest BCUT2D eigenvalue weighted by molar-refractivity contribution is -0.384. The average molecular weight is 353 g/mol. The zero-order chi connectivity index (χ0) is 19.1. The van der Waals surface area contributed by atoms with Gasteiger partial charge in [-0.1, -0.05) is 43.3 Å². The fourth-order valence-electron chi connectivity index (χ4n) is 2.31. The first-order valence-electron chi connectivity index (χ1n) is 8.17. The third-order valence-corrected chi connectivity index (χ3v) is 3.80. The first kappa shape index (κ1) is 19.1. The highest BCUT2D eigenvalue weighted by Crippen LogP contribution is 2.14. The van der Waals surface area contributed by atoms with Gasteiger partial charge >= 0.3 is 5.97 Å². The molecule has 2 aromatic carbocycles. The second kappa shape index (κ2) is 8.71. The molecule has 0 bridgehead atoms. The molecule has 0 N–H and O–H groups in total. The highest BCUT2D eigenvalue weighted by atomic mass is 16.6. The van der Waals surface area contributed by atoms with E-state index in [0.29, 0.717) is 11.1 Å². The van der Waals surface area contributed by atoms with E-state index in [9.17, 15) is 19.7 Å². The predicted molar refractivity (Wildman–Crippen MR) is 97.8 cm³/mol. The molecule has 0 aliphatic rings. The standard InChI is InChI=1S/C20H19NO5/c1-3-15-7-10-17(11-8-15)20(23)14(2)26-19(22)12-9-16-5-4-6-18(13-16)21(24)25/h4-14H,3H2,1-2H3/b12-9+. The van der Waals surface area contributed by atoms with Gasteiger partial charge in [-0.2, -0.15) is 0 Å². The largest absolute Gasteiger partial charge is 0.451 e. The molecule has 0 radical (unpaired) electrons. The van der Waals surface area contributed by atoms with Gasteiger partial charge < -0.3 is 4.74 Å². The SMILES string of the molecule is CCc1ccc(C(=O)C(C)OC(=O)/C=C/c2cccc([N+](=O)[O-])c2)cc1. The number of hydrogen-bond donors (Lipinski definition) is 0. The Morgan fingerprint density at radius 3 is 2.50 bits per heavy atom. The van der Waals surface area contributed by atoms with Crippen molar-refractivity contribution in [2.75, 3.05) is 0 Å². The molecular weight excluding hydrogens is 334 g/mol. The van der Waals surface area contributed by atoms with Gasteiger partial charge in [0.25, 0.3) is 5.69 Å². The van der Waals surface area contributed by atoms with E-state index in [1.54, 1.807) is 18.2 Å². The number of carbonyl (C=O) groups excluding carboxylic acids is 2. The van der Waals surface area contributed by atoms with Crippen molar-refractivity contribution in [3.8, 4) is 0 Å². The Bertz CT molecular complexity index is 840. The third kappa shape index (κ3) is 5.11. The van der Waals surface area contributed by atoms with E-state index in [1.165, 1.54) is 31.2 Å². The van der Waals surface area contributed by atoms with Gasteiger partial charge in [0.2, 0.25) is 5.78 Å². The Kier molecular flexibility index (Phi) is 6.38. The maximum absolute atomic E-state index is 12.3. The molecule has 0 heterocycles. The minimum absolute atomic E-state index is 0.0698. The predicted octanol–water partition coefficient (Wildman–Crippen LogP) is 3.99. The normalized spacial score (nSPS) is 11.9. The summed E-state index contributed by atoms with van der Waals surface area (Å²) in [5.74, 6) is -0.979. The average Bonchev–Trinajstić information content (AvgIpc) is 2.66. The molecule has 1 atom stereocenters. The number of esters is 1. The van der Waals surface area contributed by atoms with Gasteiger partial charge in [0, 0.05) is 23.8 Å². The van der Waals surface area contributed by atoms with Gasteiger partial charge in [-0.15, -0.1) is 0 Å². The maximum atomic E-state index is 12.3. The molecule has 0 saturated heterocycles. The summed E-state index contributed by atoms with van der Waals surface area (Å²) in [4.78, 5) is 34.4. The summed E-state index contributed by atoms with van der Waals surface area (Å²) < 4.78 is 5.11. The van der Waals surface area contributed by atoms with Crippen molar-refractivity contribution >= 4 is 23.5 Å². The molecule has 0 amide bonds. The Labute approximate surface area is 151 Å². The summed E-state index contributed by atoms with van der Waals surface area (Å²) in [6, 6.07) is 13.0. The molecule has 0 spiro atoms. The van der Waals surface area contributed by atoms with Crippen molar-refractivity contribution in [3.63, 3.8) is 0 Å². The third-order valence-electron chi connectivity index (χ3n) is 3.80. The number of nitro benzene ring substituents is 1. The molecule has 0 aliphatic heterocycles. The molecule has 0 saturated carbocycles. The number of carbonyl (C=O) groups is 2. The van der Waals surface area contributed by atoms with Crippen molar-refractivity contribution in [2.45, 2.75) is 26.4 Å². The molecule has 2 aromatic rings. The van der Waals surface area contributed by atoms with Crippen LogP contribution in [0.15, 0.2) is 54.6 Å². The number of Topliss-reactive ketones (excluding diaryl/α,β-unsaturated/α-hetero) is 1. The molecule has 0 aliphatic carbocycles. The second-order valence-corrected chi connectivity index (χ2v) is 5.68. The number of ketones is 1. The molecule has 0 aromatic heterocycles. The summed E-state index contributed by atoms with van der Waals surface area (Å²) in [5, 5.41) is 10.7. The Balaban J connectivity index is 1.98. The molecule has 134 valence electrons. The molecule has 6 nitrogen and oxygen atoms in total. The van der Waals surface area contributed by atoms with Crippen LogP contribution in [0.1, 0.15) is 35.3 Å². The Morgan fingerprint density at radius 2 is 1.88 bits per heavy atom. The van der Waals surface area contributed by atoms with Gasteiger partial charge in [-0.25, -0.2) is 4.79 Å². The first-order valence-corrected chi connectivity index (χ1v) is 8.17. The van der Waals surface area contributed by atoms with E-state index >= 15 is 0 Å². The number of benzene rings is 2. The summed E-state index contributed by atoms with van der Waals surface area (Å²) in [6.45, 7) is 3.53. The smallest absolute Gasteiger partial charge is 0.331 e. The van der Waals surface area contributed by atoms with Gasteiger partial charge in [-0.3, -0.25) is 14.9 Å². The summed E-state index contributed by atoms with van der Waals surface area (Å²) >= 11 is 0. The summed E-state index contributed by atoms with van der Waals surface area (Å²) in [7, 11) is 0. The van der Waals surface area contributed by atoms with Crippen molar-refractivity contribution in [1.82, 2.24) is 0 Å². The van der Waals surface area contributed by atoms with E-state index in [2.05, 4.69) is 0 Å². The molecule has 0 fully saturated rings. The van der Waals surface area contributed by atoms with Crippen molar-refractivity contribution < 1.29 is 19.2 Å². The van der Waals surface area contributed by atoms with E-state index in [4.69, 9.17) is 4.74 Å². The number of aryl methyl sites for hydroxylation is 1. The highest BCUT2D eigenvalue weighted by molar-refractivity contribution is 6.01. The molecular formula is C20H19NO5. The number of hydrogen-bond acceptors (Lipinski definition) is 5. The monoisotopic (exact) mass is 353 g/mol. The van der Waals surface area contributed by atoms with Crippen LogP contribution in [-0.4, -0.2) is 22.8 Å². The highest BCUT2D eigenvalue weighted by Gasteiger charge is 2.18. The van der Waals surface area contributed by atoms with E-state index in [1.807, 2.05) is 19.1 Å². The number of ether oxygens (including phenoxy) is 1. The van der Waals surface area contributed by atoms with E-state index < -0.39 is 17.0 Å². The number of nitro groups is 1. The Morgan fingerprint density at radius 1 is 1.19 bits per heavy atom. The lowest BCUT2D eigenvalue weighted by Gasteiger charge is -2.11. The lowest BCUT2D eigenvalue weighted by Crippen LogP contribution is -2.23. The maximum Gasteiger partial charge on any atom is 0.331 e. The van der Waals surface area contributed by atoms with E-state index in [-0.39, 0.29) is 11.5 Å². The fourth-order valence-corrected chi connectivity index (χ4v) is 2.31. The number of rotatable bonds is 7. The molecule has 26 heavy (non-hydrogen) atoms. The van der Waals surface area contributed by atoms with Gasteiger partial charge in [0.05, 0.1) is 4.92 Å². The minimum Gasteiger partial charge on any atom is -0.451 e. The van der Waals surface area contributed by atoms with Crippen LogP contribution in [0.2, 0.25) is 0 Å². The van der Waals surface area contributed by atoms with Gasteiger partial charge in [0.15, 0.2) is 6.10 Å². The van der Waals surface area contributed by atoms with Gasteiger partial charge in [0.1, 0.15) is 0 Å². The van der Waals surface area contributed by atoms with Crippen LogP contribution in [0.3, 0.4) is 0 Å². The Hall–Kier alpha value is -3.28. The number of non-ortho nitro benzene ring substituents is 1. The van der Waals surface area contributed by atoms with Crippen molar-refractivity contribution in [3.05, 3.63) is 81.4 Å². The summed E-state index contributed by atoms with van der Waals surface area (Å²) in [5.41, 5.74) is 2.01. The minimum atomic E-state index is -0.926. The molecule has 2 rings (SSSR count). The van der Waals surface area contributed by atoms with Gasteiger partial charge in [-0.05, 0) is 30.5 Å². The zero-order valence-electron chi connectivity index (χ0n) is 14.5. The van der Waals surface area contributed by atoms with Crippen molar-refractivity contribution in [1.29, 1.82) is 0 Å². The van der Waals surface area contributed by atoms with Crippen LogP contribution in [0, 0.1) is 10.1 Å². The van der Waals surface area contributed by atoms with Crippen LogP contribution in [0.4, 0.5) is 5.69 Å². The van der Waals surface area contributed by atoms with Crippen LogP contribution >= 0.6 is 0 Å². The first-order chi connectivity index (χ1) is 12.4. The topological polar surface area (TPSA) is 86.5 Å². The van der Waals surface area contributed by atoms with Crippen LogP contribution in [0.5, 0.6) is 0 Å². The zero-order valence-corrected chi connectivity index (χ0v) is 14.5. The fraction of sp³-hybridized carbons (Fsp3) is 0.200. The lowest BCUT2D eigenvalue weighted by atomic mass is 10.0. The molecule has 1 unspecified atom stereocenters. The molecule has 6 heteroatoms. The van der Waals surface area contributed by atoms with E-state index in [0.717, 1.165) is 18.1 Å². The second-order valence-electron chi connectivity index (χ2n) is 5.68. The summed E-state index contributed by atoms with van der Waals surface area (Å²) in [6.07, 6.45) is 2.50. The van der Waals surface area contributed by atoms with Crippen LogP contribution in [0.25, 0.3) is 6.08 Å². The van der Waals surface area contributed by atoms with Crippen molar-refractivity contribution in [2.24, 2.45) is 0 Å². The quantitative estimate of drug-likeness (QED) is 0.247. The van der Waals surface area contributed by atoms with Crippen LogP contribution < -0.4 is 0 Å². The number of nitrogens with zero attached hydrogens (tertiary/aromatic N) is 1. The van der Waals surface area contributed by atoms with Crippen LogP contribution in [-0.2, 0) is 16.0 Å².